The van der Waals surface area contributed by atoms with E-state index in [1.807, 2.05) is 6.07 Å². The van der Waals surface area contributed by atoms with Gasteiger partial charge in [0.05, 0.1) is 5.69 Å². The molecular weight excluding hydrogens is 291 g/mol. The van der Waals surface area contributed by atoms with Crippen molar-refractivity contribution in [3.8, 4) is 11.1 Å². The van der Waals surface area contributed by atoms with Crippen LogP contribution in [0, 0.1) is 5.82 Å². The van der Waals surface area contributed by atoms with E-state index >= 15 is 0 Å². The monoisotopic (exact) mass is 314 g/mol. The summed E-state index contributed by atoms with van der Waals surface area (Å²) in [5.41, 5.74) is 14.6. The van der Waals surface area contributed by atoms with Crippen LogP contribution in [0.15, 0.2) is 30.5 Å². The molecule has 0 unspecified atom stereocenters. The quantitative estimate of drug-likeness (QED) is 0.890. The third-order valence-corrected chi connectivity index (χ3v) is 4.43. The Labute approximate surface area is 136 Å². The van der Waals surface area contributed by atoms with Crippen LogP contribution in [0.1, 0.15) is 24.8 Å². The second-order valence-electron chi connectivity index (χ2n) is 6.16. The second-order valence-corrected chi connectivity index (χ2v) is 6.16. The van der Waals surface area contributed by atoms with E-state index in [2.05, 4.69) is 9.88 Å². The van der Waals surface area contributed by atoms with Gasteiger partial charge in [-0.2, -0.15) is 0 Å². The van der Waals surface area contributed by atoms with Gasteiger partial charge >= 0.3 is 0 Å². The van der Waals surface area contributed by atoms with E-state index in [9.17, 15) is 4.39 Å². The molecule has 0 bridgehead atoms. The number of nitrogens with two attached hydrogens (primary N) is 2. The van der Waals surface area contributed by atoms with Crippen LogP contribution < -0.4 is 11.5 Å². The molecule has 0 spiro atoms. The number of nitrogen functional groups attached to an aromatic ring is 2. The van der Waals surface area contributed by atoms with Gasteiger partial charge in [0, 0.05) is 11.8 Å². The molecule has 0 amide bonds. The van der Waals surface area contributed by atoms with Crippen molar-refractivity contribution in [1.29, 1.82) is 0 Å². The summed E-state index contributed by atoms with van der Waals surface area (Å²) in [6, 6.07) is 6.87. The molecular formula is C18H23FN4. The zero-order valence-corrected chi connectivity index (χ0v) is 13.3. The number of halogens is 1. The Morgan fingerprint density at radius 3 is 2.70 bits per heavy atom. The fourth-order valence-electron chi connectivity index (χ4n) is 3.20. The molecule has 3 rings (SSSR count). The van der Waals surface area contributed by atoms with E-state index in [0.29, 0.717) is 5.69 Å². The van der Waals surface area contributed by atoms with Crippen molar-refractivity contribution in [1.82, 2.24) is 9.88 Å². The van der Waals surface area contributed by atoms with Crippen molar-refractivity contribution in [2.24, 2.45) is 0 Å². The van der Waals surface area contributed by atoms with Crippen LogP contribution in [0.3, 0.4) is 0 Å². The summed E-state index contributed by atoms with van der Waals surface area (Å²) in [4.78, 5) is 6.43. The number of likely N-dealkylation sites (tertiary alicyclic amines) is 1. The summed E-state index contributed by atoms with van der Waals surface area (Å²) in [6.45, 7) is 3.47. The highest BCUT2D eigenvalue weighted by molar-refractivity contribution is 5.82. The molecule has 2 aromatic rings. The Morgan fingerprint density at radius 1 is 1.13 bits per heavy atom. The van der Waals surface area contributed by atoms with Crippen LogP contribution >= 0.6 is 0 Å². The van der Waals surface area contributed by atoms with Gasteiger partial charge in [-0.15, -0.1) is 0 Å². The Hall–Kier alpha value is -2.14. The number of anilines is 2. The molecule has 4 nitrogen and oxygen atoms in total. The Balaban J connectivity index is 1.74. The molecule has 1 fully saturated rings. The van der Waals surface area contributed by atoms with Gasteiger partial charge in [0.25, 0.3) is 0 Å². The number of nitrogens with zero attached hydrogens (tertiary/aromatic N) is 2. The van der Waals surface area contributed by atoms with E-state index in [1.165, 1.54) is 32.0 Å². The van der Waals surface area contributed by atoms with Crippen molar-refractivity contribution in [3.63, 3.8) is 0 Å². The number of aryl methyl sites for hydroxylation is 1. The second kappa shape index (κ2) is 6.96. The normalized spacial score (nSPS) is 15.2. The van der Waals surface area contributed by atoms with Crippen LogP contribution in [0.25, 0.3) is 11.1 Å². The average molecular weight is 314 g/mol. The fourth-order valence-corrected chi connectivity index (χ4v) is 3.20. The molecule has 1 aromatic carbocycles. The minimum Gasteiger partial charge on any atom is -0.395 e. The summed E-state index contributed by atoms with van der Waals surface area (Å²) < 4.78 is 14.0. The minimum absolute atomic E-state index is 0.242. The molecule has 1 aliphatic rings. The lowest BCUT2D eigenvalue weighted by Gasteiger charge is -2.14. The molecule has 122 valence electrons. The van der Waals surface area contributed by atoms with Crippen molar-refractivity contribution < 1.29 is 4.39 Å². The van der Waals surface area contributed by atoms with Crippen LogP contribution in [0.5, 0.6) is 0 Å². The molecule has 1 aromatic heterocycles. The first-order valence-electron chi connectivity index (χ1n) is 8.15. The highest BCUT2D eigenvalue weighted by Gasteiger charge is 2.12. The number of hydrogen-bond acceptors (Lipinski definition) is 4. The lowest BCUT2D eigenvalue weighted by Crippen LogP contribution is -2.20. The van der Waals surface area contributed by atoms with Crippen molar-refractivity contribution in [2.75, 3.05) is 31.1 Å². The fraction of sp³-hybridized carbons (Fsp3) is 0.389. The topological polar surface area (TPSA) is 68.2 Å². The minimum atomic E-state index is -0.242. The summed E-state index contributed by atoms with van der Waals surface area (Å²) in [5.74, 6) is 0.0378. The SMILES string of the molecule is Nc1nccc(-c2cc(F)cc(CCCN3CCCC3)c2)c1N. The predicted molar refractivity (Wildman–Crippen MR) is 92.5 cm³/mol. The molecule has 0 aliphatic carbocycles. The lowest BCUT2D eigenvalue weighted by atomic mass is 10.00. The van der Waals surface area contributed by atoms with Crippen LogP contribution in [-0.2, 0) is 6.42 Å². The number of hydrogen-bond donors (Lipinski definition) is 2. The lowest BCUT2D eigenvalue weighted by molar-refractivity contribution is 0.334. The van der Waals surface area contributed by atoms with Gasteiger partial charge in [0.15, 0.2) is 0 Å². The molecule has 4 N–H and O–H groups in total. The van der Waals surface area contributed by atoms with Gasteiger partial charge in [-0.25, -0.2) is 9.37 Å². The highest BCUT2D eigenvalue weighted by Crippen LogP contribution is 2.30. The maximum Gasteiger partial charge on any atom is 0.147 e. The number of rotatable bonds is 5. The van der Waals surface area contributed by atoms with Gasteiger partial charge in [0.2, 0.25) is 0 Å². The number of benzene rings is 1. The molecule has 23 heavy (non-hydrogen) atoms. The average Bonchev–Trinajstić information content (AvgIpc) is 3.03. The predicted octanol–water partition coefficient (Wildman–Crippen LogP) is 3.08. The van der Waals surface area contributed by atoms with E-state index in [4.69, 9.17) is 11.5 Å². The smallest absolute Gasteiger partial charge is 0.147 e. The standard InChI is InChI=1S/C18H23FN4/c19-15-11-13(4-3-9-23-7-1-2-8-23)10-14(12-15)16-5-6-22-18(21)17(16)20/h5-6,10-12H,1-4,7-9,20H2,(H2,21,22). The molecule has 0 atom stereocenters. The third-order valence-electron chi connectivity index (χ3n) is 4.43. The van der Waals surface area contributed by atoms with E-state index in [-0.39, 0.29) is 11.6 Å². The zero-order chi connectivity index (χ0) is 16.2. The Bertz CT molecular complexity index is 681. The third kappa shape index (κ3) is 3.79. The van der Waals surface area contributed by atoms with Crippen LogP contribution in [-0.4, -0.2) is 29.5 Å². The summed E-state index contributed by atoms with van der Waals surface area (Å²) in [6.07, 6.45) is 6.09. The molecule has 1 aliphatic heterocycles. The number of pyridine rings is 1. The molecule has 1 saturated heterocycles. The van der Waals surface area contributed by atoms with Gasteiger partial charge < -0.3 is 16.4 Å². The summed E-state index contributed by atoms with van der Waals surface area (Å²) in [5, 5.41) is 0. The first-order chi connectivity index (χ1) is 11.1. The first kappa shape index (κ1) is 15.7. The van der Waals surface area contributed by atoms with Crippen molar-refractivity contribution in [2.45, 2.75) is 25.7 Å². The van der Waals surface area contributed by atoms with Gasteiger partial charge in [-0.3, -0.25) is 0 Å². The van der Waals surface area contributed by atoms with Crippen molar-refractivity contribution >= 4 is 11.5 Å². The molecule has 0 saturated carbocycles. The maximum absolute atomic E-state index is 14.0. The largest absolute Gasteiger partial charge is 0.395 e. The molecule has 5 heteroatoms. The number of aromatic nitrogens is 1. The van der Waals surface area contributed by atoms with Gasteiger partial charge in [-0.05, 0) is 74.6 Å². The maximum atomic E-state index is 14.0. The van der Waals surface area contributed by atoms with E-state index in [1.54, 1.807) is 18.3 Å². The van der Waals surface area contributed by atoms with Crippen molar-refractivity contribution in [3.05, 3.63) is 41.8 Å². The first-order valence-corrected chi connectivity index (χ1v) is 8.15. The molecule has 0 radical (unpaired) electrons. The van der Waals surface area contributed by atoms with Crippen LogP contribution in [0.4, 0.5) is 15.9 Å². The van der Waals surface area contributed by atoms with E-state index < -0.39 is 0 Å². The van der Waals surface area contributed by atoms with E-state index in [0.717, 1.165) is 36.1 Å². The molecule has 2 heterocycles. The van der Waals surface area contributed by atoms with Gasteiger partial charge in [0.1, 0.15) is 11.6 Å². The van der Waals surface area contributed by atoms with Gasteiger partial charge in [-0.1, -0.05) is 6.07 Å². The Kier molecular flexibility index (Phi) is 4.76. The summed E-state index contributed by atoms with van der Waals surface area (Å²) >= 11 is 0. The zero-order valence-electron chi connectivity index (χ0n) is 13.3. The Morgan fingerprint density at radius 2 is 1.91 bits per heavy atom. The van der Waals surface area contributed by atoms with Crippen LogP contribution in [0.2, 0.25) is 0 Å². The highest BCUT2D eigenvalue weighted by atomic mass is 19.1. The summed E-state index contributed by atoms with van der Waals surface area (Å²) in [7, 11) is 0.